The van der Waals surface area contributed by atoms with E-state index in [0.29, 0.717) is 0 Å². The number of amidine groups is 1. The van der Waals surface area contributed by atoms with Gasteiger partial charge in [-0.25, -0.2) is 9.52 Å². The van der Waals surface area contributed by atoms with Crippen molar-refractivity contribution >= 4 is 22.1 Å². The highest BCUT2D eigenvalue weighted by molar-refractivity contribution is 7.88. The predicted octanol–water partition coefficient (Wildman–Crippen LogP) is -1.11. The first-order chi connectivity index (χ1) is 7.35. The van der Waals surface area contributed by atoms with Crippen molar-refractivity contribution in [2.24, 2.45) is 11.7 Å². The molecule has 16 heavy (non-hydrogen) atoms. The summed E-state index contributed by atoms with van der Waals surface area (Å²) >= 11 is 0. The largest absolute Gasteiger partial charge is 0.452 e. The normalized spacial score (nSPS) is 17.6. The van der Waals surface area contributed by atoms with Gasteiger partial charge in [-0.3, -0.25) is 5.41 Å². The molecule has 1 amide bonds. The Morgan fingerprint density at radius 2 is 2.12 bits per heavy atom. The number of nitrogens with one attached hydrogen (secondary N) is 3. The summed E-state index contributed by atoms with van der Waals surface area (Å²) in [5.74, 6) is -0.232. The number of methoxy groups -OCH3 is 1. The van der Waals surface area contributed by atoms with Crippen LogP contribution in [0.15, 0.2) is 0 Å². The maximum Gasteiger partial charge on any atom is 0.421 e. The first-order valence-corrected chi connectivity index (χ1v) is 6.06. The third-order valence-electron chi connectivity index (χ3n) is 2.11. The molecule has 0 spiro atoms. The molecular formula is C7H14N4O4S. The highest BCUT2D eigenvalue weighted by Crippen LogP contribution is 2.32. The zero-order valence-electron chi connectivity index (χ0n) is 8.69. The number of amides is 1. The van der Waals surface area contributed by atoms with Crippen molar-refractivity contribution < 1.29 is 17.9 Å². The molecule has 1 aliphatic rings. The maximum absolute atomic E-state index is 11.4. The van der Waals surface area contributed by atoms with Crippen molar-refractivity contribution in [3.63, 3.8) is 0 Å². The highest BCUT2D eigenvalue weighted by Gasteiger charge is 2.36. The Morgan fingerprint density at radius 1 is 1.56 bits per heavy atom. The predicted molar refractivity (Wildman–Crippen MR) is 56.0 cm³/mol. The summed E-state index contributed by atoms with van der Waals surface area (Å²) in [4.78, 5) is 10.7. The molecule has 9 heteroatoms. The second-order valence-corrected chi connectivity index (χ2v) is 4.93. The van der Waals surface area contributed by atoms with Crippen LogP contribution in [0.3, 0.4) is 0 Å². The SMILES string of the molecule is COC(=O)NS(=O)(=O)NC(C(=N)N)C1CC1. The van der Waals surface area contributed by atoms with E-state index < -0.39 is 22.3 Å². The topological polar surface area (TPSA) is 134 Å². The van der Waals surface area contributed by atoms with Crippen molar-refractivity contribution in [2.75, 3.05) is 7.11 Å². The lowest BCUT2D eigenvalue weighted by atomic mass is 10.2. The van der Waals surface area contributed by atoms with E-state index in [1.807, 2.05) is 0 Å². The summed E-state index contributed by atoms with van der Waals surface area (Å²) in [6.07, 6.45) is 0.529. The van der Waals surface area contributed by atoms with E-state index in [9.17, 15) is 13.2 Å². The number of ether oxygens (including phenoxy) is 1. The van der Waals surface area contributed by atoms with Gasteiger partial charge in [0.2, 0.25) is 0 Å². The van der Waals surface area contributed by atoms with Crippen LogP contribution in [0.1, 0.15) is 12.8 Å². The van der Waals surface area contributed by atoms with Gasteiger partial charge in [0.15, 0.2) is 0 Å². The van der Waals surface area contributed by atoms with Crippen molar-refractivity contribution in [1.82, 2.24) is 9.44 Å². The van der Waals surface area contributed by atoms with Crippen LogP contribution in [-0.2, 0) is 14.9 Å². The average Bonchev–Trinajstić information content (AvgIpc) is 2.96. The minimum Gasteiger partial charge on any atom is -0.452 e. The molecule has 1 aliphatic carbocycles. The summed E-state index contributed by atoms with van der Waals surface area (Å²) in [5, 5.41) is 7.24. The van der Waals surface area contributed by atoms with E-state index in [0.717, 1.165) is 20.0 Å². The molecule has 1 saturated carbocycles. The van der Waals surface area contributed by atoms with Crippen LogP contribution < -0.4 is 15.2 Å². The maximum atomic E-state index is 11.4. The summed E-state index contributed by atoms with van der Waals surface area (Å²) in [7, 11) is -2.99. The molecule has 8 nitrogen and oxygen atoms in total. The van der Waals surface area contributed by atoms with Gasteiger partial charge >= 0.3 is 16.3 Å². The smallest absolute Gasteiger partial charge is 0.421 e. The number of rotatable bonds is 5. The number of carbonyl (C=O) groups is 1. The molecule has 0 heterocycles. The molecule has 0 aromatic rings. The van der Waals surface area contributed by atoms with E-state index in [1.165, 1.54) is 0 Å². The fourth-order valence-electron chi connectivity index (χ4n) is 1.19. The molecule has 5 N–H and O–H groups in total. The number of hydrogen-bond donors (Lipinski definition) is 4. The van der Waals surface area contributed by atoms with Gasteiger partial charge in [0.05, 0.1) is 13.2 Å². The zero-order chi connectivity index (χ0) is 12.3. The summed E-state index contributed by atoms with van der Waals surface area (Å²) in [5.41, 5.74) is 5.26. The minimum atomic E-state index is -4.04. The third kappa shape index (κ3) is 3.66. The number of hydrogen-bond acceptors (Lipinski definition) is 5. The van der Waals surface area contributed by atoms with E-state index >= 15 is 0 Å². The third-order valence-corrected chi connectivity index (χ3v) is 3.11. The van der Waals surface area contributed by atoms with Crippen molar-refractivity contribution in [3.8, 4) is 0 Å². The molecule has 0 radical (unpaired) electrons. The molecular weight excluding hydrogens is 236 g/mol. The molecule has 92 valence electrons. The minimum absolute atomic E-state index is 0.0340. The molecule has 0 aromatic carbocycles. The molecule has 1 atom stereocenters. The van der Waals surface area contributed by atoms with Gasteiger partial charge in [0.25, 0.3) is 0 Å². The zero-order valence-corrected chi connectivity index (χ0v) is 9.50. The Labute approximate surface area is 93.2 Å². The Kier molecular flexibility index (Phi) is 3.70. The lowest BCUT2D eigenvalue weighted by Gasteiger charge is -2.16. The van der Waals surface area contributed by atoms with Gasteiger partial charge in [-0.1, -0.05) is 0 Å². The number of carbonyl (C=O) groups excluding carboxylic acids is 1. The van der Waals surface area contributed by atoms with E-state index in [4.69, 9.17) is 11.1 Å². The van der Waals surface area contributed by atoms with Crippen LogP contribution in [0.5, 0.6) is 0 Å². The second-order valence-electron chi connectivity index (χ2n) is 3.49. The molecule has 0 bridgehead atoms. The fourth-order valence-corrected chi connectivity index (χ4v) is 2.21. The van der Waals surface area contributed by atoms with Crippen molar-refractivity contribution in [3.05, 3.63) is 0 Å². The first-order valence-electron chi connectivity index (χ1n) is 4.57. The lowest BCUT2D eigenvalue weighted by molar-refractivity contribution is 0.177. The first kappa shape index (κ1) is 12.7. The van der Waals surface area contributed by atoms with Crippen LogP contribution in [0, 0.1) is 11.3 Å². The summed E-state index contributed by atoms with van der Waals surface area (Å²) in [6.45, 7) is 0. The number of nitrogens with two attached hydrogens (primary N) is 1. The fraction of sp³-hybridized carbons (Fsp3) is 0.714. The molecule has 0 saturated heterocycles. The Bertz CT molecular complexity index is 389. The van der Waals surface area contributed by atoms with Crippen molar-refractivity contribution in [2.45, 2.75) is 18.9 Å². The van der Waals surface area contributed by atoms with E-state index in [2.05, 4.69) is 9.46 Å². The average molecular weight is 250 g/mol. The molecule has 0 aliphatic heterocycles. The highest BCUT2D eigenvalue weighted by atomic mass is 32.2. The molecule has 0 aromatic heterocycles. The van der Waals surface area contributed by atoms with Gasteiger partial charge in [-0.05, 0) is 18.8 Å². The van der Waals surface area contributed by atoms with Gasteiger partial charge in [-0.15, -0.1) is 0 Å². The summed E-state index contributed by atoms with van der Waals surface area (Å²) in [6, 6.07) is -0.762. The van der Waals surface area contributed by atoms with Crippen LogP contribution in [0.4, 0.5) is 4.79 Å². The standard InChI is InChI=1S/C7H14N4O4S/c1-15-7(12)11-16(13,14)10-5(6(8)9)4-2-3-4/h4-5,10H,2-3H2,1H3,(H3,8,9)(H,11,12). The Morgan fingerprint density at radius 3 is 2.50 bits per heavy atom. The van der Waals surface area contributed by atoms with Crippen molar-refractivity contribution in [1.29, 1.82) is 5.41 Å². The monoisotopic (exact) mass is 250 g/mol. The Balaban J connectivity index is 2.62. The van der Waals surface area contributed by atoms with Gasteiger partial charge in [0, 0.05) is 0 Å². The van der Waals surface area contributed by atoms with Crippen LogP contribution in [0.2, 0.25) is 0 Å². The lowest BCUT2D eigenvalue weighted by Crippen LogP contribution is -2.50. The summed E-state index contributed by atoms with van der Waals surface area (Å²) < 4.78 is 30.6. The molecule has 1 rings (SSSR count). The quantitative estimate of drug-likeness (QED) is 0.362. The van der Waals surface area contributed by atoms with Gasteiger partial charge in [-0.2, -0.15) is 13.1 Å². The van der Waals surface area contributed by atoms with E-state index in [1.54, 1.807) is 4.72 Å². The Hall–Kier alpha value is -1.35. The van der Waals surface area contributed by atoms with E-state index in [-0.39, 0.29) is 11.8 Å². The second kappa shape index (κ2) is 4.66. The van der Waals surface area contributed by atoms with Gasteiger partial charge in [0.1, 0.15) is 5.84 Å². The van der Waals surface area contributed by atoms with Crippen LogP contribution >= 0.6 is 0 Å². The molecule has 1 unspecified atom stereocenters. The molecule has 1 fully saturated rings. The van der Waals surface area contributed by atoms with Crippen LogP contribution in [-0.4, -0.2) is 33.5 Å². The van der Waals surface area contributed by atoms with Crippen LogP contribution in [0.25, 0.3) is 0 Å². The van der Waals surface area contributed by atoms with Gasteiger partial charge < -0.3 is 10.5 Å².